The molecule has 0 aliphatic heterocycles. The first kappa shape index (κ1) is 13.4. The molecular formula is C10H12N4O4S. The first-order chi connectivity index (χ1) is 8.91. The molecule has 102 valence electrons. The average Bonchev–Trinajstić information content (AvgIpc) is 2.77. The van der Waals surface area contributed by atoms with Crippen molar-refractivity contribution in [3.8, 4) is 0 Å². The van der Waals surface area contributed by atoms with Crippen molar-refractivity contribution in [2.24, 2.45) is 14.1 Å². The van der Waals surface area contributed by atoms with Crippen molar-refractivity contribution in [1.29, 1.82) is 0 Å². The van der Waals surface area contributed by atoms with E-state index in [0.717, 1.165) is 4.57 Å². The van der Waals surface area contributed by atoms with Gasteiger partial charge in [-0.25, -0.2) is 9.78 Å². The number of H-pyrrole nitrogens is 1. The van der Waals surface area contributed by atoms with Crippen LogP contribution in [0.25, 0.3) is 11.2 Å². The Kier molecular flexibility index (Phi) is 3.47. The van der Waals surface area contributed by atoms with Gasteiger partial charge in [-0.3, -0.25) is 18.7 Å². The van der Waals surface area contributed by atoms with Gasteiger partial charge in [0.1, 0.15) is 0 Å². The number of rotatable bonds is 4. The lowest BCUT2D eigenvalue weighted by Crippen LogP contribution is -2.36. The summed E-state index contributed by atoms with van der Waals surface area (Å²) in [5.74, 6) is -0.560. The number of hydrogen-bond donors (Lipinski definition) is 2. The van der Waals surface area contributed by atoms with Gasteiger partial charge in [0.25, 0.3) is 5.56 Å². The zero-order valence-electron chi connectivity index (χ0n) is 10.3. The molecule has 0 spiro atoms. The number of carboxylic acid groups (broad SMARTS) is 1. The van der Waals surface area contributed by atoms with Crippen LogP contribution in [0.4, 0.5) is 0 Å². The minimum absolute atomic E-state index is 0.00134. The number of aryl methyl sites for hydroxylation is 1. The van der Waals surface area contributed by atoms with Crippen LogP contribution < -0.4 is 11.2 Å². The van der Waals surface area contributed by atoms with Gasteiger partial charge in [-0.15, -0.1) is 0 Å². The normalized spacial score (nSPS) is 11.1. The largest absolute Gasteiger partial charge is 0.481 e. The fourth-order valence-electron chi connectivity index (χ4n) is 1.61. The van der Waals surface area contributed by atoms with E-state index in [1.807, 2.05) is 0 Å². The highest BCUT2D eigenvalue weighted by Gasteiger charge is 2.13. The highest BCUT2D eigenvalue weighted by Crippen LogP contribution is 2.17. The number of carbonyl (C=O) groups is 1. The standard InChI is InChI=1S/C10H12N4O4S/c1-13-7-6(8(17)14(2)10(13)18)11-9(12-7)19-4-3-5(15)16/h3-4H2,1-2H3,(H,11,12)(H,15,16). The van der Waals surface area contributed by atoms with E-state index < -0.39 is 17.2 Å². The molecule has 0 saturated heterocycles. The summed E-state index contributed by atoms with van der Waals surface area (Å²) >= 11 is 1.19. The Morgan fingerprint density at radius 3 is 2.68 bits per heavy atom. The quantitative estimate of drug-likeness (QED) is 0.734. The predicted octanol–water partition coefficient (Wildman–Crippen LogP) is -0.473. The van der Waals surface area contributed by atoms with Crippen LogP contribution in [0, 0.1) is 0 Å². The highest BCUT2D eigenvalue weighted by molar-refractivity contribution is 7.99. The molecule has 0 fully saturated rings. The number of imidazole rings is 1. The summed E-state index contributed by atoms with van der Waals surface area (Å²) in [6.07, 6.45) is -0.00134. The van der Waals surface area contributed by atoms with Crippen LogP contribution in [-0.4, -0.2) is 35.9 Å². The monoisotopic (exact) mass is 284 g/mol. The van der Waals surface area contributed by atoms with Crippen LogP contribution >= 0.6 is 11.8 Å². The molecule has 0 radical (unpaired) electrons. The molecule has 9 heteroatoms. The Morgan fingerprint density at radius 2 is 2.05 bits per heavy atom. The van der Waals surface area contributed by atoms with Gasteiger partial charge in [-0.1, -0.05) is 11.8 Å². The van der Waals surface area contributed by atoms with Gasteiger partial charge in [0.05, 0.1) is 6.42 Å². The third-order valence-corrected chi connectivity index (χ3v) is 3.50. The Labute approximate surface area is 111 Å². The molecule has 0 aliphatic carbocycles. The maximum absolute atomic E-state index is 11.9. The van der Waals surface area contributed by atoms with E-state index in [0.29, 0.717) is 10.9 Å². The minimum Gasteiger partial charge on any atom is -0.481 e. The highest BCUT2D eigenvalue weighted by atomic mass is 32.2. The lowest BCUT2D eigenvalue weighted by molar-refractivity contribution is -0.136. The molecule has 0 saturated carbocycles. The molecule has 8 nitrogen and oxygen atoms in total. The Morgan fingerprint density at radius 1 is 1.37 bits per heavy atom. The molecule has 0 unspecified atom stereocenters. The third kappa shape index (κ3) is 2.41. The van der Waals surface area contributed by atoms with E-state index in [4.69, 9.17) is 5.11 Å². The summed E-state index contributed by atoms with van der Waals surface area (Å²) in [7, 11) is 2.92. The fraction of sp³-hybridized carbons (Fsp3) is 0.400. The SMILES string of the molecule is Cn1c(=O)c2[nH]c(SCCC(=O)O)nc2n(C)c1=O. The Bertz CT molecular complexity index is 757. The smallest absolute Gasteiger partial charge is 0.332 e. The number of nitrogens with one attached hydrogen (secondary N) is 1. The van der Waals surface area contributed by atoms with Gasteiger partial charge < -0.3 is 10.1 Å². The van der Waals surface area contributed by atoms with Crippen molar-refractivity contribution < 1.29 is 9.90 Å². The van der Waals surface area contributed by atoms with Crippen LogP contribution in [0.2, 0.25) is 0 Å². The van der Waals surface area contributed by atoms with Crippen molar-refractivity contribution in [2.75, 3.05) is 5.75 Å². The fourth-order valence-corrected chi connectivity index (χ4v) is 2.40. The summed E-state index contributed by atoms with van der Waals surface area (Å²) in [6, 6.07) is 0. The number of carboxylic acids is 1. The number of hydrogen-bond acceptors (Lipinski definition) is 5. The molecule has 0 bridgehead atoms. The van der Waals surface area contributed by atoms with Gasteiger partial charge >= 0.3 is 11.7 Å². The molecule has 2 heterocycles. The third-order valence-electron chi connectivity index (χ3n) is 2.63. The first-order valence-corrected chi connectivity index (χ1v) is 6.40. The Balaban J connectivity index is 2.44. The molecule has 0 aromatic carbocycles. The predicted molar refractivity (Wildman–Crippen MR) is 69.6 cm³/mol. The number of aliphatic carboxylic acids is 1. The summed E-state index contributed by atoms with van der Waals surface area (Å²) in [5, 5.41) is 8.98. The second-order valence-corrected chi connectivity index (χ2v) is 5.02. The number of thioether (sulfide) groups is 1. The van der Waals surface area contributed by atoms with E-state index in [1.165, 1.54) is 30.4 Å². The number of nitrogens with zero attached hydrogens (tertiary/aromatic N) is 3. The molecule has 2 rings (SSSR count). The number of fused-ring (bicyclic) bond motifs is 1. The van der Waals surface area contributed by atoms with Crippen LogP contribution in [0.15, 0.2) is 14.7 Å². The number of aromatic amines is 1. The van der Waals surface area contributed by atoms with Crippen LogP contribution in [0.1, 0.15) is 6.42 Å². The zero-order valence-corrected chi connectivity index (χ0v) is 11.2. The zero-order chi connectivity index (χ0) is 14.2. The first-order valence-electron chi connectivity index (χ1n) is 5.42. The van der Waals surface area contributed by atoms with Crippen molar-refractivity contribution >= 4 is 28.9 Å². The van der Waals surface area contributed by atoms with E-state index in [2.05, 4.69) is 9.97 Å². The van der Waals surface area contributed by atoms with Gasteiger partial charge in [-0.2, -0.15) is 0 Å². The van der Waals surface area contributed by atoms with Crippen molar-refractivity contribution in [3.05, 3.63) is 20.8 Å². The minimum atomic E-state index is -0.896. The van der Waals surface area contributed by atoms with E-state index >= 15 is 0 Å². The summed E-state index contributed by atoms with van der Waals surface area (Å²) in [6.45, 7) is 0. The van der Waals surface area contributed by atoms with Crippen molar-refractivity contribution in [3.63, 3.8) is 0 Å². The number of aromatic nitrogens is 4. The summed E-state index contributed by atoms with van der Waals surface area (Å²) in [5.41, 5.74) is -0.393. The van der Waals surface area contributed by atoms with Gasteiger partial charge in [-0.05, 0) is 0 Å². The average molecular weight is 284 g/mol. The molecule has 2 aromatic heterocycles. The van der Waals surface area contributed by atoms with Crippen molar-refractivity contribution in [2.45, 2.75) is 11.6 Å². The van der Waals surface area contributed by atoms with E-state index in [1.54, 1.807) is 0 Å². The van der Waals surface area contributed by atoms with Gasteiger partial charge in [0, 0.05) is 19.8 Å². The van der Waals surface area contributed by atoms with E-state index in [-0.39, 0.29) is 17.6 Å². The second-order valence-electron chi connectivity index (χ2n) is 3.94. The molecule has 2 N–H and O–H groups in total. The van der Waals surface area contributed by atoms with Gasteiger partial charge in [0.15, 0.2) is 16.3 Å². The summed E-state index contributed by atoms with van der Waals surface area (Å²) in [4.78, 5) is 40.9. The molecule has 19 heavy (non-hydrogen) atoms. The molecular weight excluding hydrogens is 272 g/mol. The van der Waals surface area contributed by atoms with Crippen LogP contribution in [-0.2, 0) is 18.9 Å². The van der Waals surface area contributed by atoms with Crippen LogP contribution in [0.3, 0.4) is 0 Å². The van der Waals surface area contributed by atoms with Gasteiger partial charge in [0.2, 0.25) is 0 Å². The Hall–Kier alpha value is -2.03. The molecule has 2 aromatic rings. The second kappa shape index (κ2) is 4.92. The van der Waals surface area contributed by atoms with Crippen LogP contribution in [0.5, 0.6) is 0 Å². The topological polar surface area (TPSA) is 110 Å². The van der Waals surface area contributed by atoms with E-state index in [9.17, 15) is 14.4 Å². The molecule has 0 atom stereocenters. The maximum Gasteiger partial charge on any atom is 0.332 e. The lowest BCUT2D eigenvalue weighted by atomic mass is 10.5. The molecule has 0 amide bonds. The lowest BCUT2D eigenvalue weighted by Gasteiger charge is -2.00. The summed E-state index contributed by atoms with van der Waals surface area (Å²) < 4.78 is 2.26. The maximum atomic E-state index is 11.9. The molecule has 0 aliphatic rings. The van der Waals surface area contributed by atoms with Crippen molar-refractivity contribution in [1.82, 2.24) is 19.1 Å².